The monoisotopic (exact) mass is 586 g/mol. The number of thiophene rings is 1. The number of hydrogen-bond acceptors (Lipinski definition) is 1. The fourth-order valence-corrected chi connectivity index (χ4v) is 8.64. The van der Waals surface area contributed by atoms with Crippen molar-refractivity contribution in [1.82, 2.24) is 0 Å². The van der Waals surface area contributed by atoms with Crippen LogP contribution in [-0.2, 0) is 0 Å². The largest absolute Gasteiger partial charge is 0.135 e. The lowest BCUT2D eigenvalue weighted by molar-refractivity contribution is 1.69. The van der Waals surface area contributed by atoms with Gasteiger partial charge in [0.15, 0.2) is 0 Å². The second kappa shape index (κ2) is 9.50. The van der Waals surface area contributed by atoms with E-state index in [0.29, 0.717) is 0 Å². The molecule has 0 radical (unpaired) electrons. The van der Waals surface area contributed by atoms with E-state index in [1.807, 2.05) is 11.3 Å². The molecule has 0 nitrogen and oxygen atoms in total. The first-order chi connectivity index (χ1) is 22.3. The summed E-state index contributed by atoms with van der Waals surface area (Å²) in [4.78, 5) is 0. The molecule has 0 aliphatic rings. The molecular formula is C44H26S. The van der Waals surface area contributed by atoms with Crippen molar-refractivity contribution in [3.05, 3.63) is 158 Å². The van der Waals surface area contributed by atoms with Crippen LogP contribution >= 0.6 is 11.3 Å². The topological polar surface area (TPSA) is 0 Å². The third kappa shape index (κ3) is 3.72. The lowest BCUT2D eigenvalue weighted by atomic mass is 9.85. The molecule has 1 heterocycles. The van der Waals surface area contributed by atoms with Crippen LogP contribution in [0.3, 0.4) is 0 Å². The summed E-state index contributed by atoms with van der Waals surface area (Å²) in [6.45, 7) is 0. The number of hydrogen-bond donors (Lipinski definition) is 0. The fraction of sp³-hybridized carbons (Fsp3) is 0. The van der Waals surface area contributed by atoms with E-state index in [1.165, 1.54) is 96.3 Å². The first-order valence-corrected chi connectivity index (χ1v) is 16.3. The molecule has 0 aliphatic carbocycles. The van der Waals surface area contributed by atoms with Crippen LogP contribution in [0.15, 0.2) is 158 Å². The maximum atomic E-state index is 2.43. The number of benzene rings is 9. The Morgan fingerprint density at radius 3 is 1.36 bits per heavy atom. The fourth-order valence-electron chi connectivity index (χ4n) is 7.53. The molecule has 1 heteroatoms. The molecule has 0 unspecified atom stereocenters. The molecule has 0 N–H and O–H groups in total. The molecule has 0 fully saturated rings. The van der Waals surface area contributed by atoms with Gasteiger partial charge in [-0.2, -0.15) is 0 Å². The molecule has 10 aromatic rings. The molecule has 0 atom stereocenters. The Hall–Kier alpha value is -5.50. The highest BCUT2D eigenvalue weighted by atomic mass is 32.1. The summed E-state index contributed by atoms with van der Waals surface area (Å²) in [6, 6.07) is 58.6. The summed E-state index contributed by atoms with van der Waals surface area (Å²) in [5, 5.41) is 15.5. The Morgan fingerprint density at radius 1 is 0.267 bits per heavy atom. The van der Waals surface area contributed by atoms with Crippen molar-refractivity contribution in [2.24, 2.45) is 0 Å². The second-order valence-corrected chi connectivity index (χ2v) is 13.2. The third-order valence-corrected chi connectivity index (χ3v) is 10.7. The highest BCUT2D eigenvalue weighted by molar-refractivity contribution is 7.25. The van der Waals surface area contributed by atoms with E-state index < -0.39 is 0 Å². The van der Waals surface area contributed by atoms with Gasteiger partial charge in [0.1, 0.15) is 0 Å². The van der Waals surface area contributed by atoms with Gasteiger partial charge in [0.25, 0.3) is 0 Å². The molecule has 9 aromatic carbocycles. The van der Waals surface area contributed by atoms with Crippen molar-refractivity contribution in [2.75, 3.05) is 0 Å². The average molecular weight is 587 g/mol. The zero-order valence-corrected chi connectivity index (χ0v) is 25.2. The molecule has 0 bridgehead atoms. The maximum Gasteiger partial charge on any atom is 0.0361 e. The van der Waals surface area contributed by atoms with Crippen LogP contribution < -0.4 is 0 Å². The summed E-state index contributed by atoms with van der Waals surface area (Å²) in [7, 11) is 0. The van der Waals surface area contributed by atoms with Gasteiger partial charge in [0, 0.05) is 20.2 Å². The highest BCUT2D eigenvalue weighted by Crippen LogP contribution is 2.46. The van der Waals surface area contributed by atoms with Crippen molar-refractivity contribution in [2.45, 2.75) is 0 Å². The first-order valence-electron chi connectivity index (χ1n) is 15.5. The van der Waals surface area contributed by atoms with Crippen LogP contribution in [0.25, 0.3) is 96.3 Å². The third-order valence-electron chi connectivity index (χ3n) is 9.59. The van der Waals surface area contributed by atoms with Crippen molar-refractivity contribution >= 4 is 85.4 Å². The molecule has 0 saturated carbocycles. The van der Waals surface area contributed by atoms with E-state index in [0.717, 1.165) is 0 Å². The van der Waals surface area contributed by atoms with Gasteiger partial charge in [-0.25, -0.2) is 0 Å². The summed E-state index contributed by atoms with van der Waals surface area (Å²) in [5.41, 5.74) is 5.12. The molecule has 10 rings (SSSR count). The van der Waals surface area contributed by atoms with E-state index >= 15 is 0 Å². The van der Waals surface area contributed by atoms with Gasteiger partial charge in [-0.15, -0.1) is 11.3 Å². The molecular weight excluding hydrogens is 561 g/mol. The van der Waals surface area contributed by atoms with Gasteiger partial charge in [0.2, 0.25) is 0 Å². The van der Waals surface area contributed by atoms with Crippen LogP contribution in [0, 0.1) is 0 Å². The molecule has 45 heavy (non-hydrogen) atoms. The predicted molar refractivity (Wildman–Crippen MR) is 198 cm³/mol. The minimum atomic E-state index is 1.25. The molecule has 0 aliphatic heterocycles. The van der Waals surface area contributed by atoms with Crippen LogP contribution in [0.5, 0.6) is 0 Å². The van der Waals surface area contributed by atoms with Crippen molar-refractivity contribution in [3.63, 3.8) is 0 Å². The van der Waals surface area contributed by atoms with Crippen LogP contribution in [0.2, 0.25) is 0 Å². The van der Waals surface area contributed by atoms with Gasteiger partial charge in [-0.3, -0.25) is 0 Å². The molecule has 0 amide bonds. The van der Waals surface area contributed by atoms with E-state index in [9.17, 15) is 0 Å². The van der Waals surface area contributed by atoms with Gasteiger partial charge in [-0.1, -0.05) is 127 Å². The van der Waals surface area contributed by atoms with Crippen LogP contribution in [0.4, 0.5) is 0 Å². The van der Waals surface area contributed by atoms with E-state index in [1.54, 1.807) is 0 Å². The highest BCUT2D eigenvalue weighted by Gasteiger charge is 2.18. The Morgan fingerprint density at radius 2 is 0.711 bits per heavy atom. The quantitative estimate of drug-likeness (QED) is 0.140. The van der Waals surface area contributed by atoms with Crippen molar-refractivity contribution in [3.8, 4) is 22.3 Å². The van der Waals surface area contributed by atoms with E-state index in [4.69, 9.17) is 0 Å². The molecule has 208 valence electrons. The Balaban J connectivity index is 1.27. The van der Waals surface area contributed by atoms with Crippen molar-refractivity contribution in [1.29, 1.82) is 0 Å². The lowest BCUT2D eigenvalue weighted by Gasteiger charge is -2.18. The predicted octanol–water partition coefficient (Wildman–Crippen LogP) is 13.2. The maximum absolute atomic E-state index is 2.43. The summed E-state index contributed by atoms with van der Waals surface area (Å²) in [5.74, 6) is 0. The first kappa shape index (κ1) is 24.9. The zero-order chi connectivity index (χ0) is 29.5. The smallest absolute Gasteiger partial charge is 0.0361 e. The summed E-state index contributed by atoms with van der Waals surface area (Å²) < 4.78 is 2.67. The van der Waals surface area contributed by atoms with E-state index in [-0.39, 0.29) is 0 Å². The number of fused-ring (bicyclic) bond motifs is 9. The Labute approximate surface area is 264 Å². The minimum absolute atomic E-state index is 1.25. The van der Waals surface area contributed by atoms with Gasteiger partial charge in [0.05, 0.1) is 0 Å². The Kier molecular flexibility index (Phi) is 5.25. The second-order valence-electron chi connectivity index (χ2n) is 12.1. The van der Waals surface area contributed by atoms with E-state index in [2.05, 4.69) is 158 Å². The molecule has 1 aromatic heterocycles. The minimum Gasteiger partial charge on any atom is -0.135 e. The lowest BCUT2D eigenvalue weighted by Crippen LogP contribution is -1.91. The van der Waals surface area contributed by atoms with Gasteiger partial charge in [-0.05, 0) is 106 Å². The van der Waals surface area contributed by atoms with Gasteiger partial charge >= 0.3 is 0 Å². The van der Waals surface area contributed by atoms with Crippen molar-refractivity contribution < 1.29 is 0 Å². The summed E-state index contributed by atoms with van der Waals surface area (Å²) in [6.07, 6.45) is 0. The summed E-state index contributed by atoms with van der Waals surface area (Å²) >= 11 is 1.89. The normalized spacial score (nSPS) is 12.0. The van der Waals surface area contributed by atoms with Crippen LogP contribution in [0.1, 0.15) is 0 Å². The molecule has 0 spiro atoms. The molecule has 0 saturated heterocycles. The average Bonchev–Trinajstić information content (AvgIpc) is 3.45. The number of rotatable bonds is 2. The SMILES string of the molecule is c1ccc2cc3c(cc2c1)sc1ccc(-c2c4ccccc4c(-c4ccc5ccc6ccccc6c5c4)c4ccccc24)cc13. The zero-order valence-electron chi connectivity index (χ0n) is 24.4. The Bertz CT molecular complexity index is 2760. The van der Waals surface area contributed by atoms with Gasteiger partial charge < -0.3 is 0 Å². The standard InChI is InChI=1S/C44H26S/c1-2-11-30-26-42-40(23-29(30)10-1)39-25-32(21-22-41(39)45-42)44-36-15-7-5-13-34(36)43(35-14-6-8-16-37(35)44)31-20-19-28-18-17-27-9-3-4-12-33(27)38(28)24-31/h1-26H. The van der Waals surface area contributed by atoms with Crippen LogP contribution in [-0.4, -0.2) is 0 Å².